The summed E-state index contributed by atoms with van der Waals surface area (Å²) in [6.45, 7) is 5.05. The first kappa shape index (κ1) is 17.5. The van der Waals surface area contributed by atoms with Gasteiger partial charge in [0.25, 0.3) is 15.8 Å². The lowest BCUT2D eigenvalue weighted by molar-refractivity contribution is -0.0643. The van der Waals surface area contributed by atoms with Crippen LogP contribution in [0.25, 0.3) is 10.2 Å². The second kappa shape index (κ2) is 6.52. The van der Waals surface area contributed by atoms with Crippen LogP contribution < -0.4 is 10.3 Å². The van der Waals surface area contributed by atoms with Gasteiger partial charge in [-0.2, -0.15) is 12.7 Å². The lowest BCUT2D eigenvalue weighted by atomic mass is 10.1. The van der Waals surface area contributed by atoms with Crippen LogP contribution in [0.1, 0.15) is 13.8 Å². The van der Waals surface area contributed by atoms with Gasteiger partial charge in [-0.05, 0) is 25.3 Å². The molecule has 1 N–H and O–H groups in total. The molecule has 3 rings (SSSR count). The van der Waals surface area contributed by atoms with Gasteiger partial charge in [-0.3, -0.25) is 9.36 Å². The molecule has 24 heavy (non-hydrogen) atoms. The molecule has 0 bridgehead atoms. The SMILES string of the molecule is CC1(C)CN(S(=O)(=O)NCCn2cnc3ccsc3c2=O)CCO1. The summed E-state index contributed by atoms with van der Waals surface area (Å²) in [7, 11) is -3.60. The van der Waals surface area contributed by atoms with Gasteiger partial charge in [0, 0.05) is 26.2 Å². The number of nitrogens with zero attached hydrogens (tertiary/aromatic N) is 3. The lowest BCUT2D eigenvalue weighted by Gasteiger charge is -2.37. The third-order valence-electron chi connectivity index (χ3n) is 3.80. The minimum absolute atomic E-state index is 0.124. The highest BCUT2D eigenvalue weighted by Gasteiger charge is 2.33. The van der Waals surface area contributed by atoms with Crippen LogP contribution in [0, 0.1) is 0 Å². The Morgan fingerprint density at radius 1 is 1.46 bits per heavy atom. The molecular formula is C14H20N4O4S2. The van der Waals surface area contributed by atoms with Crippen molar-refractivity contribution in [1.82, 2.24) is 18.6 Å². The fourth-order valence-corrected chi connectivity index (χ4v) is 4.72. The fourth-order valence-electron chi connectivity index (χ4n) is 2.60. The molecule has 132 valence electrons. The zero-order valence-corrected chi connectivity index (χ0v) is 15.2. The van der Waals surface area contributed by atoms with Gasteiger partial charge in [-0.1, -0.05) is 0 Å². The predicted octanol–water partition coefficient (Wildman–Crippen LogP) is 0.403. The monoisotopic (exact) mass is 372 g/mol. The molecule has 0 aromatic carbocycles. The Labute approximate surface area is 144 Å². The van der Waals surface area contributed by atoms with Crippen molar-refractivity contribution in [2.24, 2.45) is 0 Å². The second-order valence-electron chi connectivity index (χ2n) is 6.22. The molecule has 8 nitrogen and oxygen atoms in total. The molecule has 3 heterocycles. The van der Waals surface area contributed by atoms with E-state index in [-0.39, 0.29) is 18.6 Å². The van der Waals surface area contributed by atoms with Crippen molar-refractivity contribution in [3.05, 3.63) is 28.1 Å². The summed E-state index contributed by atoms with van der Waals surface area (Å²) in [5.41, 5.74) is 0.0111. The van der Waals surface area contributed by atoms with Crippen molar-refractivity contribution >= 4 is 31.8 Å². The first-order valence-corrected chi connectivity index (χ1v) is 9.92. The molecule has 10 heteroatoms. The standard InChI is InChI=1S/C14H20N4O4S2/c1-14(2)9-18(6-7-22-14)24(20,21)16-4-5-17-10-15-11-3-8-23-12(11)13(17)19/h3,8,10,16H,4-7,9H2,1-2H3. The summed E-state index contributed by atoms with van der Waals surface area (Å²) in [5.74, 6) is 0. The summed E-state index contributed by atoms with van der Waals surface area (Å²) in [4.78, 5) is 16.5. The molecule has 0 atom stereocenters. The van der Waals surface area contributed by atoms with Crippen LogP contribution in [0.5, 0.6) is 0 Å². The normalized spacial score (nSPS) is 18.9. The Hall–Kier alpha value is -1.33. The van der Waals surface area contributed by atoms with E-state index in [2.05, 4.69) is 9.71 Å². The molecule has 1 fully saturated rings. The van der Waals surface area contributed by atoms with E-state index in [9.17, 15) is 13.2 Å². The Bertz CT molecular complexity index is 888. The summed E-state index contributed by atoms with van der Waals surface area (Å²) in [6.07, 6.45) is 1.45. The molecule has 1 aliphatic heterocycles. The number of aromatic nitrogens is 2. The molecule has 0 aliphatic carbocycles. The van der Waals surface area contributed by atoms with Crippen LogP contribution >= 0.6 is 11.3 Å². The van der Waals surface area contributed by atoms with Gasteiger partial charge in [0.2, 0.25) is 0 Å². The fraction of sp³-hybridized carbons (Fsp3) is 0.571. The molecule has 1 saturated heterocycles. The maximum atomic E-state index is 12.4. The van der Waals surface area contributed by atoms with E-state index in [4.69, 9.17) is 4.74 Å². The molecule has 2 aromatic heterocycles. The van der Waals surface area contributed by atoms with Crippen molar-refractivity contribution in [3.8, 4) is 0 Å². The van der Waals surface area contributed by atoms with E-state index in [1.165, 1.54) is 26.5 Å². The molecule has 2 aromatic rings. The van der Waals surface area contributed by atoms with E-state index in [1.807, 2.05) is 19.2 Å². The van der Waals surface area contributed by atoms with Crippen LogP contribution in [-0.2, 0) is 21.5 Å². The lowest BCUT2D eigenvalue weighted by Crippen LogP contribution is -2.54. The molecule has 0 radical (unpaired) electrons. The van der Waals surface area contributed by atoms with Crippen LogP contribution in [0.4, 0.5) is 0 Å². The average molecular weight is 372 g/mol. The van der Waals surface area contributed by atoms with Gasteiger partial charge >= 0.3 is 0 Å². The summed E-state index contributed by atoms with van der Waals surface area (Å²) < 4.78 is 36.2. The highest BCUT2D eigenvalue weighted by atomic mass is 32.2. The molecule has 0 spiro atoms. The maximum Gasteiger partial charge on any atom is 0.279 e. The number of hydrogen-bond donors (Lipinski definition) is 1. The van der Waals surface area contributed by atoms with Gasteiger partial charge in [-0.15, -0.1) is 11.3 Å². The highest BCUT2D eigenvalue weighted by molar-refractivity contribution is 7.87. The van der Waals surface area contributed by atoms with E-state index >= 15 is 0 Å². The van der Waals surface area contributed by atoms with Crippen molar-refractivity contribution in [3.63, 3.8) is 0 Å². The topological polar surface area (TPSA) is 93.5 Å². The zero-order chi connectivity index (χ0) is 17.4. The predicted molar refractivity (Wildman–Crippen MR) is 92.4 cm³/mol. The largest absolute Gasteiger partial charge is 0.373 e. The van der Waals surface area contributed by atoms with E-state index in [0.717, 1.165) is 0 Å². The Morgan fingerprint density at radius 2 is 2.25 bits per heavy atom. The van der Waals surface area contributed by atoms with Gasteiger partial charge in [-0.25, -0.2) is 9.71 Å². The van der Waals surface area contributed by atoms with E-state index in [0.29, 0.717) is 29.9 Å². The third kappa shape index (κ3) is 3.67. The minimum atomic E-state index is -3.60. The maximum absolute atomic E-state index is 12.4. The van der Waals surface area contributed by atoms with Crippen LogP contribution in [-0.4, -0.2) is 54.1 Å². The molecule has 1 aliphatic rings. The summed E-state index contributed by atoms with van der Waals surface area (Å²) in [5, 5.41) is 1.81. The zero-order valence-electron chi connectivity index (χ0n) is 13.6. The van der Waals surface area contributed by atoms with Gasteiger partial charge < -0.3 is 4.74 Å². The quantitative estimate of drug-likeness (QED) is 0.820. The first-order chi connectivity index (χ1) is 11.3. The Balaban J connectivity index is 1.64. The Kier molecular flexibility index (Phi) is 4.76. The first-order valence-electron chi connectivity index (χ1n) is 7.60. The number of nitrogens with one attached hydrogen (secondary N) is 1. The van der Waals surface area contributed by atoms with Gasteiger partial charge in [0.15, 0.2) is 0 Å². The van der Waals surface area contributed by atoms with Crippen molar-refractivity contribution in [2.75, 3.05) is 26.2 Å². The third-order valence-corrected chi connectivity index (χ3v) is 6.26. The molecule has 0 amide bonds. The number of thiophene rings is 1. The van der Waals surface area contributed by atoms with Crippen LogP contribution in [0.15, 0.2) is 22.6 Å². The van der Waals surface area contributed by atoms with Gasteiger partial charge in [0.1, 0.15) is 4.70 Å². The summed E-state index contributed by atoms with van der Waals surface area (Å²) >= 11 is 1.33. The number of rotatable bonds is 5. The smallest absolute Gasteiger partial charge is 0.279 e. The Morgan fingerprint density at radius 3 is 3.00 bits per heavy atom. The second-order valence-corrected chi connectivity index (χ2v) is 8.89. The van der Waals surface area contributed by atoms with Crippen LogP contribution in [0.3, 0.4) is 0 Å². The van der Waals surface area contributed by atoms with Crippen molar-refractivity contribution in [1.29, 1.82) is 0 Å². The number of morpholine rings is 1. The minimum Gasteiger partial charge on any atom is -0.373 e. The number of ether oxygens (including phenoxy) is 1. The van der Waals surface area contributed by atoms with E-state index < -0.39 is 15.8 Å². The van der Waals surface area contributed by atoms with Crippen molar-refractivity contribution in [2.45, 2.75) is 26.0 Å². The number of fused-ring (bicyclic) bond motifs is 1. The highest BCUT2D eigenvalue weighted by Crippen LogP contribution is 2.18. The van der Waals surface area contributed by atoms with Gasteiger partial charge in [0.05, 0.1) is 24.1 Å². The van der Waals surface area contributed by atoms with E-state index in [1.54, 1.807) is 6.07 Å². The molecule has 0 saturated carbocycles. The van der Waals surface area contributed by atoms with Crippen LogP contribution in [0.2, 0.25) is 0 Å². The average Bonchev–Trinajstić information content (AvgIpc) is 2.98. The summed E-state index contributed by atoms with van der Waals surface area (Å²) in [6, 6.07) is 1.79. The molecule has 0 unspecified atom stereocenters. The number of hydrogen-bond acceptors (Lipinski definition) is 6. The van der Waals surface area contributed by atoms with Crippen molar-refractivity contribution < 1.29 is 13.2 Å². The molecular weight excluding hydrogens is 352 g/mol.